The highest BCUT2D eigenvalue weighted by molar-refractivity contribution is 9.11. The molecule has 94 valence electrons. The van der Waals surface area contributed by atoms with Crippen molar-refractivity contribution in [3.63, 3.8) is 0 Å². The molecule has 2 aromatic rings. The van der Waals surface area contributed by atoms with Gasteiger partial charge in [-0.25, -0.2) is 8.78 Å². The quantitative estimate of drug-likeness (QED) is 0.606. The lowest BCUT2D eigenvalue weighted by molar-refractivity contribution is 0.588. The fourth-order valence-electron chi connectivity index (χ4n) is 1.71. The van der Waals surface area contributed by atoms with Gasteiger partial charge in [0.1, 0.15) is 11.6 Å². The van der Waals surface area contributed by atoms with Crippen molar-refractivity contribution < 1.29 is 8.78 Å². The molecule has 4 heteroatoms. The molecule has 1 unspecified atom stereocenters. The summed E-state index contributed by atoms with van der Waals surface area (Å²) in [7, 11) is 0. The Balaban J connectivity index is 2.47. The van der Waals surface area contributed by atoms with Crippen molar-refractivity contribution in [3.8, 4) is 0 Å². The highest BCUT2D eigenvalue weighted by Crippen LogP contribution is 2.37. The molecular formula is C14H10Br2F2. The number of hydrogen-bond acceptors (Lipinski definition) is 0. The Bertz CT molecular complexity index is 582. The van der Waals surface area contributed by atoms with Gasteiger partial charge in [-0.3, -0.25) is 0 Å². The number of rotatable bonds is 2. The van der Waals surface area contributed by atoms with Gasteiger partial charge < -0.3 is 0 Å². The Kier molecular flexibility index (Phi) is 4.17. The van der Waals surface area contributed by atoms with Crippen LogP contribution >= 0.6 is 31.9 Å². The SMILES string of the molecule is Cc1ccc(C(Br)c2cc(F)ccc2F)c(Br)c1. The average Bonchev–Trinajstić information content (AvgIpc) is 2.31. The van der Waals surface area contributed by atoms with E-state index in [1.165, 1.54) is 6.07 Å². The maximum absolute atomic E-state index is 13.7. The third-order valence-electron chi connectivity index (χ3n) is 2.66. The summed E-state index contributed by atoms with van der Waals surface area (Å²) in [6, 6.07) is 9.24. The first-order valence-corrected chi connectivity index (χ1v) is 7.05. The average molecular weight is 376 g/mol. The van der Waals surface area contributed by atoms with Gasteiger partial charge in [0, 0.05) is 10.0 Å². The van der Waals surface area contributed by atoms with Crippen LogP contribution in [0.5, 0.6) is 0 Å². The molecular weight excluding hydrogens is 366 g/mol. The molecule has 0 fully saturated rings. The first-order valence-electron chi connectivity index (χ1n) is 5.34. The maximum atomic E-state index is 13.7. The minimum Gasteiger partial charge on any atom is -0.207 e. The van der Waals surface area contributed by atoms with Crippen LogP contribution in [0.2, 0.25) is 0 Å². The number of hydrogen-bond donors (Lipinski definition) is 0. The van der Waals surface area contributed by atoms with E-state index in [-0.39, 0.29) is 4.83 Å². The minimum absolute atomic E-state index is 0.291. The summed E-state index contributed by atoms with van der Waals surface area (Å²) in [5.74, 6) is -0.871. The predicted molar refractivity (Wildman–Crippen MR) is 76.0 cm³/mol. The smallest absolute Gasteiger partial charge is 0.128 e. The van der Waals surface area contributed by atoms with Crippen LogP contribution < -0.4 is 0 Å². The molecule has 0 amide bonds. The Morgan fingerprint density at radius 1 is 1.00 bits per heavy atom. The summed E-state index contributed by atoms with van der Waals surface area (Å²) < 4.78 is 27.8. The van der Waals surface area contributed by atoms with E-state index in [0.717, 1.165) is 27.7 Å². The molecule has 0 saturated carbocycles. The number of benzene rings is 2. The first kappa shape index (κ1) is 13.7. The normalized spacial score (nSPS) is 12.5. The summed E-state index contributed by atoms with van der Waals surface area (Å²) in [6.07, 6.45) is 0. The van der Waals surface area contributed by atoms with E-state index in [4.69, 9.17) is 0 Å². The van der Waals surface area contributed by atoms with E-state index >= 15 is 0 Å². The topological polar surface area (TPSA) is 0 Å². The van der Waals surface area contributed by atoms with Crippen LogP contribution in [0.1, 0.15) is 21.5 Å². The summed E-state index contributed by atoms with van der Waals surface area (Å²) >= 11 is 6.86. The van der Waals surface area contributed by atoms with Crippen LogP contribution in [0.4, 0.5) is 8.78 Å². The van der Waals surface area contributed by atoms with Crippen molar-refractivity contribution in [2.24, 2.45) is 0 Å². The molecule has 2 rings (SSSR count). The molecule has 2 aromatic carbocycles. The molecule has 0 N–H and O–H groups in total. The minimum atomic E-state index is -0.445. The van der Waals surface area contributed by atoms with Crippen molar-refractivity contribution in [1.29, 1.82) is 0 Å². The summed E-state index contributed by atoms with van der Waals surface area (Å²) in [5, 5.41) is 0. The van der Waals surface area contributed by atoms with E-state index in [1.807, 2.05) is 25.1 Å². The molecule has 0 heterocycles. The highest BCUT2D eigenvalue weighted by atomic mass is 79.9. The van der Waals surface area contributed by atoms with Crippen LogP contribution in [0.15, 0.2) is 40.9 Å². The van der Waals surface area contributed by atoms with Gasteiger partial charge in [-0.2, -0.15) is 0 Å². The lowest BCUT2D eigenvalue weighted by Gasteiger charge is -2.14. The van der Waals surface area contributed by atoms with Crippen LogP contribution in [-0.2, 0) is 0 Å². The number of halogens is 4. The van der Waals surface area contributed by atoms with Crippen molar-refractivity contribution >= 4 is 31.9 Å². The standard InChI is InChI=1S/C14H10Br2F2/c1-8-2-4-10(12(15)6-8)14(16)11-7-9(17)3-5-13(11)18/h2-7,14H,1H3. The Labute approximate surface area is 121 Å². The molecule has 0 aliphatic rings. The van der Waals surface area contributed by atoms with Gasteiger partial charge >= 0.3 is 0 Å². The molecule has 0 bridgehead atoms. The van der Waals surface area contributed by atoms with Gasteiger partial charge in [-0.05, 0) is 42.3 Å². The molecule has 0 aromatic heterocycles. The first-order chi connectivity index (χ1) is 8.49. The maximum Gasteiger partial charge on any atom is 0.128 e. The van der Waals surface area contributed by atoms with Crippen molar-refractivity contribution in [3.05, 3.63) is 69.2 Å². The monoisotopic (exact) mass is 374 g/mol. The van der Waals surface area contributed by atoms with Gasteiger partial charge in [-0.1, -0.05) is 44.0 Å². The summed E-state index contributed by atoms with van der Waals surface area (Å²) in [6.45, 7) is 1.97. The molecule has 1 atom stereocenters. The van der Waals surface area contributed by atoms with Crippen molar-refractivity contribution in [2.45, 2.75) is 11.8 Å². The van der Waals surface area contributed by atoms with Gasteiger partial charge in [-0.15, -0.1) is 0 Å². The molecule has 18 heavy (non-hydrogen) atoms. The lowest BCUT2D eigenvalue weighted by Crippen LogP contribution is -1.99. The third-order valence-corrected chi connectivity index (χ3v) is 4.33. The largest absolute Gasteiger partial charge is 0.207 e. The van der Waals surface area contributed by atoms with Gasteiger partial charge in [0.05, 0.1) is 4.83 Å². The van der Waals surface area contributed by atoms with Crippen molar-refractivity contribution in [2.75, 3.05) is 0 Å². The molecule has 0 aliphatic carbocycles. The fraction of sp³-hybridized carbons (Fsp3) is 0.143. The number of alkyl halides is 1. The van der Waals surface area contributed by atoms with Gasteiger partial charge in [0.25, 0.3) is 0 Å². The van der Waals surface area contributed by atoms with E-state index in [2.05, 4.69) is 31.9 Å². The zero-order valence-corrected chi connectivity index (χ0v) is 12.7. The third kappa shape index (κ3) is 2.81. The molecule has 0 saturated heterocycles. The fourth-order valence-corrected chi connectivity index (χ4v) is 3.49. The highest BCUT2D eigenvalue weighted by Gasteiger charge is 2.18. The molecule has 0 nitrogen and oxygen atoms in total. The predicted octanol–water partition coefficient (Wildman–Crippen LogP) is 5.52. The van der Waals surface area contributed by atoms with E-state index in [1.54, 1.807) is 0 Å². The number of aryl methyl sites for hydroxylation is 1. The molecule has 0 aliphatic heterocycles. The van der Waals surface area contributed by atoms with Gasteiger partial charge in [0.15, 0.2) is 0 Å². The zero-order valence-electron chi connectivity index (χ0n) is 9.55. The second kappa shape index (κ2) is 5.49. The van der Waals surface area contributed by atoms with Gasteiger partial charge in [0.2, 0.25) is 0 Å². The zero-order chi connectivity index (χ0) is 13.3. The Morgan fingerprint density at radius 3 is 2.39 bits per heavy atom. The van der Waals surface area contributed by atoms with Crippen LogP contribution in [0.3, 0.4) is 0 Å². The van der Waals surface area contributed by atoms with E-state index in [9.17, 15) is 8.78 Å². The van der Waals surface area contributed by atoms with Crippen LogP contribution in [0.25, 0.3) is 0 Å². The van der Waals surface area contributed by atoms with Crippen LogP contribution in [-0.4, -0.2) is 0 Å². The van der Waals surface area contributed by atoms with E-state index in [0.29, 0.717) is 5.56 Å². The second-order valence-corrected chi connectivity index (χ2v) is 5.82. The molecule has 0 spiro atoms. The Morgan fingerprint density at radius 2 is 1.72 bits per heavy atom. The van der Waals surface area contributed by atoms with Crippen LogP contribution in [0, 0.1) is 18.6 Å². The van der Waals surface area contributed by atoms with E-state index < -0.39 is 11.6 Å². The summed E-state index contributed by atoms with van der Waals surface area (Å²) in [5.41, 5.74) is 2.26. The lowest BCUT2D eigenvalue weighted by atomic mass is 10.0. The second-order valence-electron chi connectivity index (χ2n) is 4.05. The Hall–Kier alpha value is -0.740. The molecule has 0 radical (unpaired) electrons. The summed E-state index contributed by atoms with van der Waals surface area (Å²) in [4.78, 5) is -0.386. The van der Waals surface area contributed by atoms with Crippen molar-refractivity contribution in [1.82, 2.24) is 0 Å².